The molecule has 7 nitrogen and oxygen atoms in total. The third-order valence-electron chi connectivity index (χ3n) is 4.44. The van der Waals surface area contributed by atoms with Crippen molar-refractivity contribution in [2.75, 3.05) is 45.9 Å². The van der Waals surface area contributed by atoms with Gasteiger partial charge in [-0.15, -0.1) is 0 Å². The number of benzene rings is 1. The molecule has 1 fully saturated rings. The Morgan fingerprint density at radius 1 is 1.24 bits per heavy atom. The van der Waals surface area contributed by atoms with E-state index in [1.54, 1.807) is 18.3 Å². The van der Waals surface area contributed by atoms with Gasteiger partial charge in [-0.05, 0) is 25.1 Å². The number of halogens is 1. The summed E-state index contributed by atoms with van der Waals surface area (Å²) in [6.45, 7) is 8.44. The van der Waals surface area contributed by atoms with Crippen LogP contribution < -0.4 is 15.4 Å². The van der Waals surface area contributed by atoms with Gasteiger partial charge < -0.3 is 20.1 Å². The number of rotatable bonds is 8. The summed E-state index contributed by atoms with van der Waals surface area (Å²) < 4.78 is 24.6. The van der Waals surface area contributed by atoms with Crippen LogP contribution in [0.5, 0.6) is 11.6 Å². The van der Waals surface area contributed by atoms with Crippen molar-refractivity contribution in [2.24, 2.45) is 4.99 Å². The second-order valence-corrected chi connectivity index (χ2v) is 6.60. The maximum Gasteiger partial charge on any atom is 0.224 e. The Balaban J connectivity index is 1.59. The van der Waals surface area contributed by atoms with Crippen molar-refractivity contribution in [3.63, 3.8) is 0 Å². The molecule has 0 unspecified atom stereocenters. The molecule has 2 aromatic rings. The van der Waals surface area contributed by atoms with Gasteiger partial charge in [-0.25, -0.2) is 14.4 Å². The standard InChI is InChI=1S/C21H28FN5O2/c1-2-23-21(25-9-10-27-11-13-28-14-12-27)26-16-17-5-4-8-24-20(17)29-19-7-3-6-18(22)15-19/h3-8,15H,2,9-14,16H2,1H3,(H2,23,25,26). The van der Waals surface area contributed by atoms with Crippen LogP contribution in [0.3, 0.4) is 0 Å². The molecule has 1 saturated heterocycles. The van der Waals surface area contributed by atoms with Crippen LogP contribution in [-0.2, 0) is 11.3 Å². The van der Waals surface area contributed by atoms with E-state index in [1.807, 2.05) is 19.1 Å². The van der Waals surface area contributed by atoms with Gasteiger partial charge in [0.05, 0.1) is 19.8 Å². The highest BCUT2D eigenvalue weighted by Crippen LogP contribution is 2.23. The van der Waals surface area contributed by atoms with Crippen LogP contribution in [0.4, 0.5) is 4.39 Å². The van der Waals surface area contributed by atoms with Crippen LogP contribution >= 0.6 is 0 Å². The Morgan fingerprint density at radius 2 is 2.10 bits per heavy atom. The maximum atomic E-state index is 13.4. The second kappa shape index (κ2) is 11.3. The average molecular weight is 401 g/mol. The first-order valence-electron chi connectivity index (χ1n) is 9.94. The number of hydrogen-bond donors (Lipinski definition) is 2. The SMILES string of the molecule is CCNC(=NCc1cccnc1Oc1cccc(F)c1)NCCN1CCOCC1. The van der Waals surface area contributed by atoms with Gasteiger partial charge in [0.1, 0.15) is 11.6 Å². The van der Waals surface area contributed by atoms with Gasteiger partial charge in [-0.3, -0.25) is 4.90 Å². The molecular formula is C21H28FN5O2. The van der Waals surface area contributed by atoms with E-state index in [1.165, 1.54) is 12.1 Å². The summed E-state index contributed by atoms with van der Waals surface area (Å²) in [5.41, 5.74) is 0.821. The first-order valence-corrected chi connectivity index (χ1v) is 9.94. The van der Waals surface area contributed by atoms with Gasteiger partial charge in [0.2, 0.25) is 5.88 Å². The number of aromatic nitrogens is 1. The Morgan fingerprint density at radius 3 is 2.90 bits per heavy atom. The molecule has 29 heavy (non-hydrogen) atoms. The molecule has 1 aliphatic heterocycles. The Hall–Kier alpha value is -2.71. The van der Waals surface area contributed by atoms with Crippen LogP contribution in [0.1, 0.15) is 12.5 Å². The fourth-order valence-corrected chi connectivity index (χ4v) is 2.94. The molecule has 0 aliphatic carbocycles. The number of aliphatic imine (C=N–C) groups is 1. The van der Waals surface area contributed by atoms with E-state index in [2.05, 4.69) is 25.5 Å². The molecule has 0 atom stereocenters. The predicted octanol–water partition coefficient (Wildman–Crippen LogP) is 2.40. The lowest BCUT2D eigenvalue weighted by Crippen LogP contribution is -2.44. The molecule has 0 spiro atoms. The van der Waals surface area contributed by atoms with Crippen molar-refractivity contribution in [1.82, 2.24) is 20.5 Å². The van der Waals surface area contributed by atoms with Crippen molar-refractivity contribution in [3.8, 4) is 11.6 Å². The molecule has 2 N–H and O–H groups in total. The third kappa shape index (κ3) is 6.99. The molecular weight excluding hydrogens is 373 g/mol. The summed E-state index contributed by atoms with van der Waals surface area (Å²) >= 11 is 0. The molecule has 0 saturated carbocycles. The van der Waals surface area contributed by atoms with Crippen molar-refractivity contribution in [1.29, 1.82) is 0 Å². The van der Waals surface area contributed by atoms with Gasteiger partial charge in [0, 0.05) is 50.6 Å². The van der Waals surface area contributed by atoms with E-state index in [9.17, 15) is 4.39 Å². The zero-order chi connectivity index (χ0) is 20.3. The quantitative estimate of drug-likeness (QED) is 0.523. The summed E-state index contributed by atoms with van der Waals surface area (Å²) in [4.78, 5) is 11.3. The van der Waals surface area contributed by atoms with E-state index < -0.39 is 0 Å². The Bertz CT molecular complexity index is 796. The fraction of sp³-hybridized carbons (Fsp3) is 0.429. The van der Waals surface area contributed by atoms with E-state index in [0.29, 0.717) is 18.2 Å². The number of guanidine groups is 1. The van der Waals surface area contributed by atoms with Crippen molar-refractivity contribution in [3.05, 3.63) is 54.0 Å². The van der Waals surface area contributed by atoms with E-state index in [-0.39, 0.29) is 5.82 Å². The number of nitrogens with one attached hydrogen (secondary N) is 2. The number of pyridine rings is 1. The lowest BCUT2D eigenvalue weighted by atomic mass is 10.2. The highest BCUT2D eigenvalue weighted by Gasteiger charge is 2.10. The molecule has 156 valence electrons. The zero-order valence-corrected chi connectivity index (χ0v) is 16.7. The smallest absolute Gasteiger partial charge is 0.224 e. The van der Waals surface area contributed by atoms with Crippen LogP contribution in [0.25, 0.3) is 0 Å². The van der Waals surface area contributed by atoms with Gasteiger partial charge in [-0.1, -0.05) is 12.1 Å². The van der Waals surface area contributed by atoms with Crippen LogP contribution in [-0.4, -0.2) is 61.8 Å². The summed E-state index contributed by atoms with van der Waals surface area (Å²) in [6, 6.07) is 9.75. The summed E-state index contributed by atoms with van der Waals surface area (Å²) in [5, 5.41) is 6.61. The van der Waals surface area contributed by atoms with Crippen molar-refractivity contribution in [2.45, 2.75) is 13.5 Å². The first kappa shape index (κ1) is 21.0. The number of hydrogen-bond acceptors (Lipinski definition) is 5. The summed E-state index contributed by atoms with van der Waals surface area (Å²) in [6.07, 6.45) is 1.65. The summed E-state index contributed by atoms with van der Waals surface area (Å²) in [7, 11) is 0. The highest BCUT2D eigenvalue weighted by molar-refractivity contribution is 5.79. The lowest BCUT2D eigenvalue weighted by molar-refractivity contribution is 0.0389. The topological polar surface area (TPSA) is 71.0 Å². The molecule has 3 rings (SSSR count). The molecule has 8 heteroatoms. The number of ether oxygens (including phenoxy) is 2. The zero-order valence-electron chi connectivity index (χ0n) is 16.7. The van der Waals surface area contributed by atoms with Gasteiger partial charge in [0.15, 0.2) is 5.96 Å². The highest BCUT2D eigenvalue weighted by atomic mass is 19.1. The molecule has 0 radical (unpaired) electrons. The van der Waals surface area contributed by atoms with Crippen LogP contribution in [0, 0.1) is 5.82 Å². The second-order valence-electron chi connectivity index (χ2n) is 6.60. The summed E-state index contributed by atoms with van der Waals surface area (Å²) in [5.74, 6) is 1.22. The van der Waals surface area contributed by atoms with E-state index in [0.717, 1.165) is 57.5 Å². The predicted molar refractivity (Wildman–Crippen MR) is 111 cm³/mol. The Kier molecular flexibility index (Phi) is 8.21. The average Bonchev–Trinajstić information content (AvgIpc) is 2.74. The minimum Gasteiger partial charge on any atom is -0.439 e. The number of nitrogens with zero attached hydrogens (tertiary/aromatic N) is 3. The van der Waals surface area contributed by atoms with Gasteiger partial charge in [0.25, 0.3) is 0 Å². The largest absolute Gasteiger partial charge is 0.439 e. The van der Waals surface area contributed by atoms with Crippen LogP contribution in [0.2, 0.25) is 0 Å². The van der Waals surface area contributed by atoms with Gasteiger partial charge in [-0.2, -0.15) is 0 Å². The van der Waals surface area contributed by atoms with Crippen LogP contribution in [0.15, 0.2) is 47.6 Å². The molecule has 1 aromatic heterocycles. The van der Waals surface area contributed by atoms with E-state index >= 15 is 0 Å². The molecule has 0 amide bonds. The molecule has 1 aliphatic rings. The van der Waals surface area contributed by atoms with Crippen molar-refractivity contribution < 1.29 is 13.9 Å². The van der Waals surface area contributed by atoms with Crippen molar-refractivity contribution >= 4 is 5.96 Å². The maximum absolute atomic E-state index is 13.4. The first-order chi connectivity index (χ1) is 14.2. The minimum atomic E-state index is -0.350. The van der Waals surface area contributed by atoms with Gasteiger partial charge >= 0.3 is 0 Å². The monoisotopic (exact) mass is 401 g/mol. The normalized spacial score (nSPS) is 15.2. The number of morpholine rings is 1. The fourth-order valence-electron chi connectivity index (χ4n) is 2.94. The minimum absolute atomic E-state index is 0.350. The molecule has 2 heterocycles. The Labute approximate surface area is 170 Å². The lowest BCUT2D eigenvalue weighted by Gasteiger charge is -2.26. The molecule has 1 aromatic carbocycles. The third-order valence-corrected chi connectivity index (χ3v) is 4.44. The molecule has 0 bridgehead atoms. The van der Waals surface area contributed by atoms with E-state index in [4.69, 9.17) is 9.47 Å².